The van der Waals surface area contributed by atoms with Crippen LogP contribution in [0, 0.1) is 5.92 Å². The minimum atomic E-state index is 0.354. The van der Waals surface area contributed by atoms with E-state index in [0.29, 0.717) is 5.91 Å². The lowest BCUT2D eigenvalue weighted by molar-refractivity contribution is -0.129. The summed E-state index contributed by atoms with van der Waals surface area (Å²) in [5.41, 5.74) is 0. The SMILES string of the molecule is CCCN(CC1CC1)CN1CCCC1=O. The first-order valence-electron chi connectivity index (χ1n) is 6.29. The van der Waals surface area contributed by atoms with Gasteiger partial charge in [0, 0.05) is 19.5 Å². The van der Waals surface area contributed by atoms with Crippen LogP contribution in [0.15, 0.2) is 0 Å². The number of nitrogens with zero attached hydrogens (tertiary/aromatic N) is 2. The molecule has 1 saturated carbocycles. The fourth-order valence-electron chi connectivity index (χ4n) is 2.30. The lowest BCUT2D eigenvalue weighted by atomic mass is 10.3. The van der Waals surface area contributed by atoms with Crippen LogP contribution in [0.2, 0.25) is 0 Å². The summed E-state index contributed by atoms with van der Waals surface area (Å²) in [5, 5.41) is 0. The summed E-state index contributed by atoms with van der Waals surface area (Å²) in [6, 6.07) is 0. The average molecular weight is 210 g/mol. The smallest absolute Gasteiger partial charge is 0.223 e. The Kier molecular flexibility index (Phi) is 3.62. The maximum atomic E-state index is 11.5. The lowest BCUT2D eigenvalue weighted by Crippen LogP contribution is -2.40. The van der Waals surface area contributed by atoms with Crippen molar-refractivity contribution >= 4 is 5.91 Å². The normalized spacial score (nSPS) is 21.7. The summed E-state index contributed by atoms with van der Waals surface area (Å²) < 4.78 is 0. The highest BCUT2D eigenvalue weighted by atomic mass is 16.2. The Hall–Kier alpha value is -0.570. The molecule has 15 heavy (non-hydrogen) atoms. The molecule has 0 aromatic rings. The van der Waals surface area contributed by atoms with Crippen LogP contribution in [-0.2, 0) is 4.79 Å². The van der Waals surface area contributed by atoms with Crippen LogP contribution >= 0.6 is 0 Å². The largest absolute Gasteiger partial charge is 0.330 e. The summed E-state index contributed by atoms with van der Waals surface area (Å²) in [5.74, 6) is 1.28. The van der Waals surface area contributed by atoms with E-state index in [4.69, 9.17) is 0 Å². The van der Waals surface area contributed by atoms with Crippen molar-refractivity contribution in [3.63, 3.8) is 0 Å². The summed E-state index contributed by atoms with van der Waals surface area (Å²) in [6.07, 6.45) is 5.81. The number of likely N-dealkylation sites (tertiary alicyclic amines) is 1. The highest BCUT2D eigenvalue weighted by Crippen LogP contribution is 2.29. The van der Waals surface area contributed by atoms with Crippen LogP contribution in [-0.4, -0.2) is 42.0 Å². The number of rotatable bonds is 6. The molecule has 0 bridgehead atoms. The van der Waals surface area contributed by atoms with Gasteiger partial charge in [0.1, 0.15) is 0 Å². The Labute approximate surface area is 92.4 Å². The second kappa shape index (κ2) is 4.97. The Balaban J connectivity index is 1.78. The Morgan fingerprint density at radius 1 is 1.47 bits per heavy atom. The first-order valence-corrected chi connectivity index (χ1v) is 6.29. The van der Waals surface area contributed by atoms with Gasteiger partial charge in [-0.15, -0.1) is 0 Å². The van der Waals surface area contributed by atoms with Gasteiger partial charge in [-0.2, -0.15) is 0 Å². The molecule has 0 spiro atoms. The topological polar surface area (TPSA) is 23.6 Å². The predicted molar refractivity (Wildman–Crippen MR) is 60.4 cm³/mol. The molecule has 0 N–H and O–H groups in total. The summed E-state index contributed by atoms with van der Waals surface area (Å²) in [7, 11) is 0. The summed E-state index contributed by atoms with van der Waals surface area (Å²) >= 11 is 0. The zero-order chi connectivity index (χ0) is 10.7. The van der Waals surface area contributed by atoms with Gasteiger partial charge in [0.2, 0.25) is 5.91 Å². The van der Waals surface area contributed by atoms with Crippen LogP contribution in [0.25, 0.3) is 0 Å². The van der Waals surface area contributed by atoms with Gasteiger partial charge < -0.3 is 4.90 Å². The molecular weight excluding hydrogens is 188 g/mol. The standard InChI is InChI=1S/C12H22N2O/c1-2-7-13(9-11-5-6-11)10-14-8-3-4-12(14)15/h11H,2-10H2,1H3. The van der Waals surface area contributed by atoms with Gasteiger partial charge in [-0.3, -0.25) is 9.69 Å². The zero-order valence-corrected chi connectivity index (χ0v) is 9.74. The van der Waals surface area contributed by atoms with Gasteiger partial charge in [-0.25, -0.2) is 0 Å². The van der Waals surface area contributed by atoms with E-state index in [9.17, 15) is 4.79 Å². The first kappa shape index (κ1) is 10.9. The van der Waals surface area contributed by atoms with Gasteiger partial charge in [-0.1, -0.05) is 6.92 Å². The summed E-state index contributed by atoms with van der Waals surface area (Å²) in [4.78, 5) is 16.0. The summed E-state index contributed by atoms with van der Waals surface area (Å²) in [6.45, 7) is 6.41. The van der Waals surface area contributed by atoms with E-state index >= 15 is 0 Å². The van der Waals surface area contributed by atoms with E-state index < -0.39 is 0 Å². The third-order valence-corrected chi connectivity index (χ3v) is 3.30. The number of amides is 1. The van der Waals surface area contributed by atoms with Crippen LogP contribution < -0.4 is 0 Å². The minimum Gasteiger partial charge on any atom is -0.330 e. The van der Waals surface area contributed by atoms with Gasteiger partial charge in [0.15, 0.2) is 0 Å². The third kappa shape index (κ3) is 3.20. The molecule has 1 aliphatic heterocycles. The average Bonchev–Trinajstić information content (AvgIpc) is 2.92. The van der Waals surface area contributed by atoms with Crippen molar-refractivity contribution < 1.29 is 4.79 Å². The van der Waals surface area contributed by atoms with Crippen LogP contribution in [0.1, 0.15) is 39.0 Å². The second-order valence-corrected chi connectivity index (χ2v) is 4.92. The molecular formula is C12H22N2O. The van der Waals surface area contributed by atoms with E-state index in [1.54, 1.807) is 0 Å². The molecule has 3 nitrogen and oxygen atoms in total. The molecule has 0 aromatic carbocycles. The Morgan fingerprint density at radius 3 is 2.80 bits per heavy atom. The molecule has 2 aliphatic rings. The Morgan fingerprint density at radius 2 is 2.27 bits per heavy atom. The van der Waals surface area contributed by atoms with Crippen molar-refractivity contribution in [3.05, 3.63) is 0 Å². The molecule has 0 radical (unpaired) electrons. The van der Waals surface area contributed by atoms with Crippen LogP contribution in [0.5, 0.6) is 0 Å². The predicted octanol–water partition coefficient (Wildman–Crippen LogP) is 1.69. The molecule has 0 atom stereocenters. The minimum absolute atomic E-state index is 0.354. The molecule has 3 heteroatoms. The van der Waals surface area contributed by atoms with Crippen molar-refractivity contribution in [3.8, 4) is 0 Å². The maximum absolute atomic E-state index is 11.5. The monoisotopic (exact) mass is 210 g/mol. The molecule has 0 unspecified atom stereocenters. The highest BCUT2D eigenvalue weighted by Gasteiger charge is 2.27. The van der Waals surface area contributed by atoms with Gasteiger partial charge in [-0.05, 0) is 38.1 Å². The van der Waals surface area contributed by atoms with Crippen LogP contribution in [0.4, 0.5) is 0 Å². The van der Waals surface area contributed by atoms with Crippen molar-refractivity contribution in [2.24, 2.45) is 5.92 Å². The number of carbonyl (C=O) groups is 1. The third-order valence-electron chi connectivity index (χ3n) is 3.30. The molecule has 1 saturated heterocycles. The quantitative estimate of drug-likeness (QED) is 0.666. The molecule has 0 aromatic heterocycles. The van der Waals surface area contributed by atoms with E-state index in [2.05, 4.69) is 11.8 Å². The van der Waals surface area contributed by atoms with E-state index in [1.807, 2.05) is 4.90 Å². The van der Waals surface area contributed by atoms with Crippen molar-refractivity contribution in [2.45, 2.75) is 39.0 Å². The van der Waals surface area contributed by atoms with E-state index in [-0.39, 0.29) is 0 Å². The number of hydrogen-bond acceptors (Lipinski definition) is 2. The number of carbonyl (C=O) groups excluding carboxylic acids is 1. The van der Waals surface area contributed by atoms with Crippen molar-refractivity contribution in [2.75, 3.05) is 26.3 Å². The molecule has 1 amide bonds. The van der Waals surface area contributed by atoms with Crippen molar-refractivity contribution in [1.29, 1.82) is 0 Å². The molecule has 2 fully saturated rings. The van der Waals surface area contributed by atoms with Crippen molar-refractivity contribution in [1.82, 2.24) is 9.80 Å². The fourth-order valence-corrected chi connectivity index (χ4v) is 2.30. The fraction of sp³-hybridized carbons (Fsp3) is 0.917. The van der Waals surface area contributed by atoms with Gasteiger partial charge >= 0.3 is 0 Å². The molecule has 1 aliphatic carbocycles. The van der Waals surface area contributed by atoms with Crippen LogP contribution in [0.3, 0.4) is 0 Å². The maximum Gasteiger partial charge on any atom is 0.223 e. The second-order valence-electron chi connectivity index (χ2n) is 4.92. The molecule has 1 heterocycles. The highest BCUT2D eigenvalue weighted by molar-refractivity contribution is 5.77. The zero-order valence-electron chi connectivity index (χ0n) is 9.74. The molecule has 2 rings (SSSR count). The number of hydrogen-bond donors (Lipinski definition) is 0. The Bertz CT molecular complexity index is 226. The lowest BCUT2D eigenvalue weighted by Gasteiger charge is -2.27. The first-order chi connectivity index (χ1) is 7.29. The van der Waals surface area contributed by atoms with Gasteiger partial charge in [0.05, 0.1) is 6.67 Å². The van der Waals surface area contributed by atoms with E-state index in [1.165, 1.54) is 25.8 Å². The molecule has 86 valence electrons. The van der Waals surface area contributed by atoms with E-state index in [0.717, 1.165) is 38.5 Å². The van der Waals surface area contributed by atoms with Gasteiger partial charge in [0.25, 0.3) is 0 Å².